The Kier molecular flexibility index (Phi) is 2.72. The van der Waals surface area contributed by atoms with Gasteiger partial charge in [0.2, 0.25) is 0 Å². The van der Waals surface area contributed by atoms with Crippen LogP contribution in [0.4, 0.5) is 5.69 Å². The molecule has 2 aliphatic heterocycles. The molecule has 96 valence electrons. The van der Waals surface area contributed by atoms with Gasteiger partial charge < -0.3 is 20.4 Å². The van der Waals surface area contributed by atoms with Gasteiger partial charge in [-0.2, -0.15) is 0 Å². The smallest absolute Gasteiger partial charge is 0.254 e. The van der Waals surface area contributed by atoms with Crippen molar-refractivity contribution in [2.24, 2.45) is 0 Å². The normalized spacial score (nSPS) is 26.0. The van der Waals surface area contributed by atoms with Crippen LogP contribution in [-0.2, 0) is 6.42 Å². The van der Waals surface area contributed by atoms with E-state index in [1.807, 2.05) is 18.2 Å². The number of aliphatic hydroxyl groups excluding tert-OH is 2. The van der Waals surface area contributed by atoms with Gasteiger partial charge in [-0.3, -0.25) is 4.79 Å². The summed E-state index contributed by atoms with van der Waals surface area (Å²) in [6.07, 6.45) is -0.673. The van der Waals surface area contributed by atoms with Gasteiger partial charge in [-0.15, -0.1) is 0 Å². The lowest BCUT2D eigenvalue weighted by molar-refractivity contribution is 0.0572. The highest BCUT2D eigenvalue weighted by Crippen LogP contribution is 2.24. The number of likely N-dealkylation sites (tertiary alicyclic amines) is 1. The number of carbonyl (C=O) groups is 1. The summed E-state index contributed by atoms with van der Waals surface area (Å²) in [7, 11) is 0. The molecule has 2 atom stereocenters. The number of β-amino-alcohol motifs (C(OH)–C–C–N with tert-alkyl or cyclic N) is 2. The number of anilines is 1. The van der Waals surface area contributed by atoms with Crippen LogP contribution >= 0.6 is 0 Å². The lowest BCUT2D eigenvalue weighted by Crippen LogP contribution is -2.29. The van der Waals surface area contributed by atoms with Crippen molar-refractivity contribution in [1.82, 2.24) is 4.90 Å². The van der Waals surface area contributed by atoms with E-state index in [2.05, 4.69) is 5.32 Å². The molecule has 0 spiro atoms. The van der Waals surface area contributed by atoms with E-state index in [1.165, 1.54) is 10.5 Å². The summed E-state index contributed by atoms with van der Waals surface area (Å²) in [5.41, 5.74) is 2.85. The number of hydrogen-bond acceptors (Lipinski definition) is 4. The second kappa shape index (κ2) is 4.26. The lowest BCUT2D eigenvalue weighted by Gasteiger charge is -2.15. The average molecular weight is 248 g/mol. The summed E-state index contributed by atoms with van der Waals surface area (Å²) < 4.78 is 0. The molecule has 5 nitrogen and oxygen atoms in total. The minimum Gasteiger partial charge on any atom is -0.388 e. The Morgan fingerprint density at radius 2 is 2.00 bits per heavy atom. The van der Waals surface area contributed by atoms with Crippen LogP contribution in [0.5, 0.6) is 0 Å². The first kappa shape index (κ1) is 11.5. The number of rotatable bonds is 1. The molecule has 18 heavy (non-hydrogen) atoms. The van der Waals surface area contributed by atoms with Crippen molar-refractivity contribution in [3.05, 3.63) is 29.3 Å². The molecule has 1 fully saturated rings. The minimum atomic E-state index is -0.832. The molecule has 1 aromatic rings. The molecule has 0 aliphatic carbocycles. The van der Waals surface area contributed by atoms with Crippen molar-refractivity contribution in [2.75, 3.05) is 25.0 Å². The van der Waals surface area contributed by atoms with E-state index >= 15 is 0 Å². The number of nitrogens with zero attached hydrogens (tertiary/aromatic N) is 1. The fraction of sp³-hybridized carbons (Fsp3) is 0.462. The largest absolute Gasteiger partial charge is 0.388 e. The zero-order valence-corrected chi connectivity index (χ0v) is 9.97. The molecule has 1 aromatic carbocycles. The standard InChI is InChI=1S/C13H16N2O3/c16-11-6-15(7-12(11)17)13(18)9-2-1-8-3-4-14-10(8)5-9/h1-2,5,11-12,14,16-17H,3-4,6-7H2/t11-,12+. The fourth-order valence-electron chi connectivity index (χ4n) is 2.54. The Balaban J connectivity index is 1.81. The molecule has 3 rings (SSSR count). The van der Waals surface area contributed by atoms with Gasteiger partial charge in [0, 0.05) is 30.9 Å². The summed E-state index contributed by atoms with van der Waals surface area (Å²) in [6.45, 7) is 1.31. The minimum absolute atomic E-state index is 0.137. The molecule has 0 aromatic heterocycles. The van der Waals surface area contributed by atoms with E-state index in [-0.39, 0.29) is 19.0 Å². The van der Waals surface area contributed by atoms with Crippen LogP contribution in [0, 0.1) is 0 Å². The van der Waals surface area contributed by atoms with Crippen molar-refractivity contribution in [3.63, 3.8) is 0 Å². The highest BCUT2D eigenvalue weighted by molar-refractivity contribution is 5.95. The topological polar surface area (TPSA) is 72.8 Å². The Labute approximate surface area is 105 Å². The molecule has 3 N–H and O–H groups in total. The maximum Gasteiger partial charge on any atom is 0.254 e. The quantitative estimate of drug-likeness (QED) is 0.645. The molecule has 0 radical (unpaired) electrons. The molecule has 1 amide bonds. The van der Waals surface area contributed by atoms with Crippen LogP contribution in [0.3, 0.4) is 0 Å². The van der Waals surface area contributed by atoms with Crippen LogP contribution in [0.15, 0.2) is 18.2 Å². The maximum atomic E-state index is 12.2. The van der Waals surface area contributed by atoms with Crippen molar-refractivity contribution >= 4 is 11.6 Å². The van der Waals surface area contributed by atoms with Crippen molar-refractivity contribution in [1.29, 1.82) is 0 Å². The van der Waals surface area contributed by atoms with Crippen LogP contribution in [0.25, 0.3) is 0 Å². The molecule has 0 bridgehead atoms. The van der Waals surface area contributed by atoms with E-state index in [1.54, 1.807) is 0 Å². The number of fused-ring (bicyclic) bond motifs is 1. The summed E-state index contributed by atoms with van der Waals surface area (Å²) in [5, 5.41) is 22.2. The van der Waals surface area contributed by atoms with Crippen LogP contribution in [0.2, 0.25) is 0 Å². The van der Waals surface area contributed by atoms with Gasteiger partial charge in [0.05, 0.1) is 12.2 Å². The van der Waals surface area contributed by atoms with Gasteiger partial charge in [0.25, 0.3) is 5.91 Å². The van der Waals surface area contributed by atoms with E-state index in [4.69, 9.17) is 0 Å². The molecule has 1 saturated heterocycles. The first-order chi connectivity index (χ1) is 8.65. The van der Waals surface area contributed by atoms with Crippen LogP contribution in [-0.4, -0.2) is 52.9 Å². The van der Waals surface area contributed by atoms with Crippen molar-refractivity contribution in [2.45, 2.75) is 18.6 Å². The second-order valence-corrected chi connectivity index (χ2v) is 4.89. The number of amides is 1. The summed E-state index contributed by atoms with van der Waals surface area (Å²) in [4.78, 5) is 13.7. The number of carbonyl (C=O) groups excluding carboxylic acids is 1. The predicted molar refractivity (Wildman–Crippen MR) is 66.6 cm³/mol. The highest BCUT2D eigenvalue weighted by Gasteiger charge is 2.33. The van der Waals surface area contributed by atoms with Gasteiger partial charge in [-0.1, -0.05) is 6.07 Å². The fourth-order valence-corrected chi connectivity index (χ4v) is 2.54. The molecule has 0 saturated carbocycles. The Morgan fingerprint density at radius 3 is 2.72 bits per heavy atom. The number of aliphatic hydroxyl groups is 2. The van der Waals surface area contributed by atoms with E-state index < -0.39 is 12.2 Å². The first-order valence-electron chi connectivity index (χ1n) is 6.17. The van der Waals surface area contributed by atoms with E-state index in [0.717, 1.165) is 18.7 Å². The van der Waals surface area contributed by atoms with Crippen LogP contribution in [0.1, 0.15) is 15.9 Å². The third-order valence-corrected chi connectivity index (χ3v) is 3.61. The van der Waals surface area contributed by atoms with E-state index in [0.29, 0.717) is 5.56 Å². The van der Waals surface area contributed by atoms with E-state index in [9.17, 15) is 15.0 Å². The second-order valence-electron chi connectivity index (χ2n) is 4.89. The van der Waals surface area contributed by atoms with Gasteiger partial charge in [0.1, 0.15) is 0 Å². The third-order valence-electron chi connectivity index (χ3n) is 3.61. The number of benzene rings is 1. The maximum absolute atomic E-state index is 12.2. The molecule has 5 heteroatoms. The van der Waals surface area contributed by atoms with Gasteiger partial charge >= 0.3 is 0 Å². The van der Waals surface area contributed by atoms with Gasteiger partial charge in [-0.25, -0.2) is 0 Å². The first-order valence-corrected chi connectivity index (χ1v) is 6.17. The molecular weight excluding hydrogens is 232 g/mol. The highest BCUT2D eigenvalue weighted by atomic mass is 16.3. The van der Waals surface area contributed by atoms with Crippen LogP contribution < -0.4 is 5.32 Å². The van der Waals surface area contributed by atoms with Gasteiger partial charge in [-0.05, 0) is 24.1 Å². The number of nitrogens with one attached hydrogen (secondary N) is 1. The molecule has 2 aliphatic rings. The Morgan fingerprint density at radius 1 is 1.28 bits per heavy atom. The number of hydrogen-bond donors (Lipinski definition) is 3. The van der Waals surface area contributed by atoms with Gasteiger partial charge in [0.15, 0.2) is 0 Å². The zero-order valence-electron chi connectivity index (χ0n) is 9.97. The molecule has 0 unspecified atom stereocenters. The predicted octanol–water partition coefficient (Wildman–Crippen LogP) is -0.168. The lowest BCUT2D eigenvalue weighted by atomic mass is 10.1. The Bertz CT molecular complexity index is 479. The zero-order chi connectivity index (χ0) is 12.7. The summed E-state index contributed by atoms with van der Waals surface area (Å²) in [6, 6.07) is 5.62. The van der Waals surface area contributed by atoms with Crippen molar-refractivity contribution in [3.8, 4) is 0 Å². The SMILES string of the molecule is O=C(c1ccc2c(c1)NCC2)N1C[C@@H](O)[C@@H](O)C1. The molecular formula is C13H16N2O3. The average Bonchev–Trinajstić information content (AvgIpc) is 2.95. The monoisotopic (exact) mass is 248 g/mol. The van der Waals surface area contributed by atoms with Crippen molar-refractivity contribution < 1.29 is 15.0 Å². The third kappa shape index (κ3) is 1.85. The summed E-state index contributed by atoms with van der Waals surface area (Å²) in [5.74, 6) is -0.137. The Hall–Kier alpha value is -1.59. The summed E-state index contributed by atoms with van der Waals surface area (Å²) >= 11 is 0. The molecule has 2 heterocycles.